The van der Waals surface area contributed by atoms with Gasteiger partial charge in [0.15, 0.2) is 5.65 Å². The average Bonchev–Trinajstić information content (AvgIpc) is 3.27. The van der Waals surface area contributed by atoms with Crippen molar-refractivity contribution in [3.63, 3.8) is 0 Å². The number of hydrogen-bond acceptors (Lipinski definition) is 4. The lowest BCUT2D eigenvalue weighted by atomic mass is 10.0. The normalized spacial score (nSPS) is 13.7. The zero-order chi connectivity index (χ0) is 19.0. The summed E-state index contributed by atoms with van der Waals surface area (Å²) in [6, 6.07) is 10.6. The molecule has 4 rings (SSSR count). The third kappa shape index (κ3) is 2.85. The molecule has 0 radical (unpaired) electrons. The van der Waals surface area contributed by atoms with E-state index in [-0.39, 0.29) is 0 Å². The minimum absolute atomic E-state index is 0.718. The molecule has 0 aliphatic carbocycles. The van der Waals surface area contributed by atoms with Crippen molar-refractivity contribution in [2.24, 2.45) is 0 Å². The molecular weight excluding hydrogens is 334 g/mol. The Morgan fingerprint density at radius 3 is 2.74 bits per heavy atom. The van der Waals surface area contributed by atoms with E-state index in [1.807, 2.05) is 12.1 Å². The van der Waals surface area contributed by atoms with Crippen molar-refractivity contribution in [1.82, 2.24) is 14.3 Å². The van der Waals surface area contributed by atoms with Gasteiger partial charge in [0.25, 0.3) is 0 Å². The van der Waals surface area contributed by atoms with Gasteiger partial charge < -0.3 is 9.80 Å². The Labute approximate surface area is 160 Å². The van der Waals surface area contributed by atoms with Crippen molar-refractivity contribution in [3.8, 4) is 6.07 Å². The number of anilines is 1. The molecule has 0 saturated heterocycles. The molecule has 1 aliphatic heterocycles. The molecule has 0 spiro atoms. The highest BCUT2D eigenvalue weighted by Crippen LogP contribution is 2.36. The molecule has 0 atom stereocenters. The standard InChI is InChI=1S/C22H27N5/c1-4-25(5-2)12-8-13-26-14-11-17-16(3)18(15-23)21-24-19-9-6-7-10-20(19)27(21)22(17)26/h6-7,9-10H,4-5,8,11-14H2,1-3H3. The monoisotopic (exact) mass is 361 g/mol. The number of para-hydroxylation sites is 2. The minimum Gasteiger partial charge on any atom is -0.357 e. The van der Waals surface area contributed by atoms with Crippen molar-refractivity contribution in [3.05, 3.63) is 41.0 Å². The van der Waals surface area contributed by atoms with E-state index < -0.39 is 0 Å². The second-order valence-corrected chi connectivity index (χ2v) is 7.29. The molecule has 0 saturated carbocycles. The predicted molar refractivity (Wildman–Crippen MR) is 110 cm³/mol. The molecular formula is C22H27N5. The summed E-state index contributed by atoms with van der Waals surface area (Å²) in [5.74, 6) is 1.25. The molecule has 0 unspecified atom stereocenters. The molecule has 1 aromatic carbocycles. The Morgan fingerprint density at radius 1 is 1.22 bits per heavy atom. The first-order chi connectivity index (χ1) is 13.2. The Balaban J connectivity index is 1.80. The summed E-state index contributed by atoms with van der Waals surface area (Å²) in [4.78, 5) is 9.77. The van der Waals surface area contributed by atoms with Crippen LogP contribution in [0.2, 0.25) is 0 Å². The van der Waals surface area contributed by atoms with Gasteiger partial charge in [0.2, 0.25) is 0 Å². The van der Waals surface area contributed by atoms with Crippen molar-refractivity contribution in [2.45, 2.75) is 33.6 Å². The van der Waals surface area contributed by atoms with Crippen LogP contribution in [0.1, 0.15) is 37.0 Å². The number of pyridine rings is 1. The quantitative estimate of drug-likeness (QED) is 0.671. The maximum absolute atomic E-state index is 9.77. The van der Waals surface area contributed by atoms with Crippen LogP contribution in [0.15, 0.2) is 24.3 Å². The smallest absolute Gasteiger partial charge is 0.157 e. The third-order valence-corrected chi connectivity index (χ3v) is 5.93. The molecule has 5 heteroatoms. The average molecular weight is 361 g/mol. The van der Waals surface area contributed by atoms with E-state index in [1.54, 1.807) is 0 Å². The molecule has 0 amide bonds. The molecule has 5 nitrogen and oxygen atoms in total. The lowest BCUT2D eigenvalue weighted by molar-refractivity contribution is 0.301. The zero-order valence-corrected chi connectivity index (χ0v) is 16.5. The van der Waals surface area contributed by atoms with E-state index in [2.05, 4.69) is 53.2 Å². The van der Waals surface area contributed by atoms with Gasteiger partial charge in [0, 0.05) is 13.1 Å². The van der Waals surface area contributed by atoms with Crippen LogP contribution in [0, 0.1) is 18.3 Å². The Hall–Kier alpha value is -2.58. The lowest BCUT2D eigenvalue weighted by Gasteiger charge is -2.24. The van der Waals surface area contributed by atoms with E-state index in [0.717, 1.165) is 73.4 Å². The van der Waals surface area contributed by atoms with Gasteiger partial charge in [0.05, 0.1) is 16.6 Å². The fourth-order valence-electron chi connectivity index (χ4n) is 4.39. The van der Waals surface area contributed by atoms with Gasteiger partial charge in [0.1, 0.15) is 11.9 Å². The predicted octanol–water partition coefficient (Wildman–Crippen LogP) is 3.76. The highest BCUT2D eigenvalue weighted by Gasteiger charge is 2.28. The van der Waals surface area contributed by atoms with E-state index >= 15 is 0 Å². The van der Waals surface area contributed by atoms with Gasteiger partial charge in [-0.3, -0.25) is 4.40 Å². The minimum atomic E-state index is 0.718. The van der Waals surface area contributed by atoms with E-state index in [9.17, 15) is 5.26 Å². The van der Waals surface area contributed by atoms with Crippen molar-refractivity contribution < 1.29 is 0 Å². The number of nitrogens with zero attached hydrogens (tertiary/aromatic N) is 5. The van der Waals surface area contributed by atoms with Crippen LogP contribution in [-0.2, 0) is 6.42 Å². The summed E-state index contributed by atoms with van der Waals surface area (Å²) in [5.41, 5.74) is 5.97. The fraction of sp³-hybridized carbons (Fsp3) is 0.455. The van der Waals surface area contributed by atoms with Gasteiger partial charge in [-0.15, -0.1) is 0 Å². The van der Waals surface area contributed by atoms with Crippen LogP contribution in [0.25, 0.3) is 16.7 Å². The zero-order valence-electron chi connectivity index (χ0n) is 16.5. The SMILES string of the molecule is CCN(CC)CCCN1CCc2c(C)c(C#N)c3nc4ccccc4n3c21. The first kappa shape index (κ1) is 17.8. The summed E-state index contributed by atoms with van der Waals surface area (Å²) < 4.78 is 2.22. The molecule has 0 fully saturated rings. The van der Waals surface area contributed by atoms with E-state index in [1.165, 1.54) is 11.4 Å². The number of rotatable bonds is 6. The first-order valence-corrected chi connectivity index (χ1v) is 9.99. The number of hydrogen-bond donors (Lipinski definition) is 0. The van der Waals surface area contributed by atoms with Gasteiger partial charge >= 0.3 is 0 Å². The lowest BCUT2D eigenvalue weighted by Crippen LogP contribution is -2.29. The summed E-state index contributed by atoms with van der Waals surface area (Å²) >= 11 is 0. The summed E-state index contributed by atoms with van der Waals surface area (Å²) in [6.45, 7) is 11.9. The maximum atomic E-state index is 9.77. The Kier molecular flexibility index (Phi) is 4.75. The van der Waals surface area contributed by atoms with Gasteiger partial charge in [-0.25, -0.2) is 4.98 Å². The second kappa shape index (κ2) is 7.21. The molecule has 27 heavy (non-hydrogen) atoms. The Morgan fingerprint density at radius 2 is 2.00 bits per heavy atom. The number of fused-ring (bicyclic) bond motifs is 5. The van der Waals surface area contributed by atoms with Crippen LogP contribution in [-0.4, -0.2) is 47.0 Å². The second-order valence-electron chi connectivity index (χ2n) is 7.29. The topological polar surface area (TPSA) is 47.6 Å². The van der Waals surface area contributed by atoms with Gasteiger partial charge in [-0.1, -0.05) is 26.0 Å². The molecule has 140 valence electrons. The largest absolute Gasteiger partial charge is 0.357 e. The number of imidazole rings is 1. The summed E-state index contributed by atoms with van der Waals surface area (Å²) in [5, 5.41) is 9.77. The van der Waals surface area contributed by atoms with Crippen molar-refractivity contribution in [1.29, 1.82) is 5.26 Å². The number of benzene rings is 1. The van der Waals surface area contributed by atoms with Crippen LogP contribution in [0.3, 0.4) is 0 Å². The molecule has 1 aliphatic rings. The highest BCUT2D eigenvalue weighted by atomic mass is 15.3. The molecule has 3 heterocycles. The van der Waals surface area contributed by atoms with Crippen LogP contribution < -0.4 is 4.90 Å². The Bertz CT molecular complexity index is 1020. The maximum Gasteiger partial charge on any atom is 0.157 e. The van der Waals surface area contributed by atoms with E-state index in [0.29, 0.717) is 0 Å². The number of aromatic nitrogens is 2. The van der Waals surface area contributed by atoms with Crippen LogP contribution in [0.4, 0.5) is 5.82 Å². The summed E-state index contributed by atoms with van der Waals surface area (Å²) in [6.07, 6.45) is 2.15. The van der Waals surface area contributed by atoms with Gasteiger partial charge in [-0.2, -0.15) is 5.26 Å². The van der Waals surface area contributed by atoms with E-state index in [4.69, 9.17) is 4.98 Å². The molecule has 3 aromatic rings. The molecule has 0 N–H and O–H groups in total. The van der Waals surface area contributed by atoms with Crippen molar-refractivity contribution in [2.75, 3.05) is 37.6 Å². The molecule has 0 bridgehead atoms. The molecule has 2 aromatic heterocycles. The summed E-state index contributed by atoms with van der Waals surface area (Å²) in [7, 11) is 0. The highest BCUT2D eigenvalue weighted by molar-refractivity contribution is 5.86. The number of nitriles is 1. The fourth-order valence-corrected chi connectivity index (χ4v) is 4.39. The third-order valence-electron chi connectivity index (χ3n) is 5.93. The van der Waals surface area contributed by atoms with Gasteiger partial charge in [-0.05, 0) is 62.7 Å². The first-order valence-electron chi connectivity index (χ1n) is 9.99. The van der Waals surface area contributed by atoms with Crippen LogP contribution >= 0.6 is 0 Å². The van der Waals surface area contributed by atoms with Crippen molar-refractivity contribution >= 4 is 22.5 Å². The van der Waals surface area contributed by atoms with Crippen LogP contribution in [0.5, 0.6) is 0 Å².